The molecule has 11 heteroatoms. The summed E-state index contributed by atoms with van der Waals surface area (Å²) in [6.07, 6.45) is 35.9. The van der Waals surface area contributed by atoms with Crippen LogP contribution in [-0.4, -0.2) is 110 Å². The number of hydrogen-bond acceptors (Lipinski definition) is 10. The van der Waals surface area contributed by atoms with E-state index in [0.717, 1.165) is 38.5 Å². The van der Waals surface area contributed by atoms with Crippen LogP contribution in [0.1, 0.15) is 264 Å². The van der Waals surface area contributed by atoms with Crippen LogP contribution in [0.4, 0.5) is 0 Å². The second-order valence-corrected chi connectivity index (χ2v) is 19.7. The van der Waals surface area contributed by atoms with E-state index in [2.05, 4.69) is 19.2 Å². The predicted octanol–water partition coefficient (Wildman–Crippen LogP) is 10.6. The number of hydrogen-bond donors (Lipinski definition) is 8. The Morgan fingerprint density at radius 2 is 0.812 bits per heavy atom. The van der Waals surface area contributed by atoms with Crippen molar-refractivity contribution in [2.24, 2.45) is 0 Å². The molecule has 1 heterocycles. The predicted molar refractivity (Wildman–Crippen MR) is 261 cm³/mol. The van der Waals surface area contributed by atoms with E-state index >= 15 is 0 Å². The lowest BCUT2D eigenvalue weighted by Crippen LogP contribution is -2.60. The molecule has 9 atom stereocenters. The summed E-state index contributed by atoms with van der Waals surface area (Å²) in [4.78, 5) is 13.1. The average molecular weight is 916 g/mol. The first kappa shape index (κ1) is 61.1. The molecule has 0 aliphatic carbocycles. The van der Waals surface area contributed by atoms with Gasteiger partial charge in [-0.1, -0.05) is 251 Å². The molecule has 8 N–H and O–H groups in total. The van der Waals surface area contributed by atoms with Crippen LogP contribution in [0.5, 0.6) is 0 Å². The highest BCUT2D eigenvalue weighted by molar-refractivity contribution is 5.80. The van der Waals surface area contributed by atoms with Crippen LogP contribution >= 0.6 is 0 Å². The molecule has 0 aromatic carbocycles. The van der Waals surface area contributed by atoms with Gasteiger partial charge in [-0.25, -0.2) is 0 Å². The van der Waals surface area contributed by atoms with Crippen molar-refractivity contribution < 1.29 is 50.0 Å². The number of aliphatic hydroxyl groups is 7. The van der Waals surface area contributed by atoms with Crippen LogP contribution < -0.4 is 5.32 Å². The van der Waals surface area contributed by atoms with Crippen molar-refractivity contribution >= 4 is 5.91 Å². The van der Waals surface area contributed by atoms with Gasteiger partial charge >= 0.3 is 0 Å². The first-order valence-electron chi connectivity index (χ1n) is 27.4. The highest BCUT2D eigenvalue weighted by Gasteiger charge is 2.44. The van der Waals surface area contributed by atoms with Crippen molar-refractivity contribution in [3.8, 4) is 0 Å². The topological polar surface area (TPSA) is 189 Å². The third-order valence-corrected chi connectivity index (χ3v) is 13.7. The minimum absolute atomic E-state index is 0.267. The number of aliphatic hydroxyl groups excluding tert-OH is 7. The molecule has 1 aliphatic heterocycles. The SMILES string of the molecule is CCCCCCCCCCCCCCCCCCCCCCCCCCC(O)C(=O)NC(COC1OC(CO)C(O)C(O)C1O)C(O)C(O)CCCCCCCCCCCCCCC. The summed E-state index contributed by atoms with van der Waals surface area (Å²) < 4.78 is 11.1. The number of amides is 1. The number of rotatable bonds is 47. The van der Waals surface area contributed by atoms with Gasteiger partial charge in [0.25, 0.3) is 0 Å². The maximum Gasteiger partial charge on any atom is 0.249 e. The molecule has 1 fully saturated rings. The van der Waals surface area contributed by atoms with Crippen molar-refractivity contribution in [1.82, 2.24) is 5.32 Å². The monoisotopic (exact) mass is 916 g/mol. The fraction of sp³-hybridized carbons (Fsp3) is 0.981. The number of carbonyl (C=O) groups is 1. The quantitative estimate of drug-likeness (QED) is 0.0273. The Morgan fingerprint density at radius 1 is 0.484 bits per heavy atom. The van der Waals surface area contributed by atoms with Crippen molar-refractivity contribution in [3.63, 3.8) is 0 Å². The van der Waals surface area contributed by atoms with Crippen molar-refractivity contribution in [2.75, 3.05) is 13.2 Å². The molecule has 382 valence electrons. The molecule has 0 aromatic heterocycles. The first-order chi connectivity index (χ1) is 31.2. The van der Waals surface area contributed by atoms with E-state index < -0.39 is 74.2 Å². The van der Waals surface area contributed by atoms with Crippen LogP contribution in [-0.2, 0) is 14.3 Å². The van der Waals surface area contributed by atoms with E-state index in [9.17, 15) is 40.5 Å². The Labute approximate surface area is 392 Å². The minimum atomic E-state index is -1.66. The molecular formula is C53H105NO10. The van der Waals surface area contributed by atoms with Crippen LogP contribution in [0.2, 0.25) is 0 Å². The normalized spacial score (nSPS) is 20.9. The minimum Gasteiger partial charge on any atom is -0.394 e. The molecule has 0 radical (unpaired) electrons. The van der Waals surface area contributed by atoms with Crippen LogP contribution in [0.25, 0.3) is 0 Å². The zero-order chi connectivity index (χ0) is 46.9. The van der Waals surface area contributed by atoms with Gasteiger partial charge in [0.2, 0.25) is 5.91 Å². The Morgan fingerprint density at radius 3 is 1.16 bits per heavy atom. The van der Waals surface area contributed by atoms with Crippen LogP contribution in [0, 0.1) is 0 Å². The van der Waals surface area contributed by atoms with Crippen LogP contribution in [0.15, 0.2) is 0 Å². The standard InChI is InChI=1S/C53H105NO10/c1-3-5-7-9-11-13-15-17-18-19-20-21-22-23-24-25-26-27-29-31-33-35-37-39-41-46(57)52(62)54-44(43-63-53-51(61)50(60)49(59)47(42-55)64-53)48(58)45(56)40-38-36-34-32-30-28-16-14-12-10-8-6-4-2/h44-51,53,55-61H,3-43H2,1-2H3,(H,54,62). The van der Waals surface area contributed by atoms with E-state index in [1.54, 1.807) is 0 Å². The van der Waals surface area contributed by atoms with Gasteiger partial charge in [-0.05, 0) is 12.8 Å². The summed E-state index contributed by atoms with van der Waals surface area (Å²) >= 11 is 0. The Hall–Kier alpha value is -0.890. The molecule has 1 rings (SSSR count). The van der Waals surface area contributed by atoms with Crippen molar-refractivity contribution in [2.45, 2.75) is 319 Å². The van der Waals surface area contributed by atoms with E-state index in [0.29, 0.717) is 19.3 Å². The van der Waals surface area contributed by atoms with E-state index in [1.165, 1.54) is 186 Å². The highest BCUT2D eigenvalue weighted by atomic mass is 16.7. The third-order valence-electron chi connectivity index (χ3n) is 13.7. The van der Waals surface area contributed by atoms with Crippen LogP contribution in [0.3, 0.4) is 0 Å². The molecule has 1 saturated heterocycles. The summed E-state index contributed by atoms with van der Waals surface area (Å²) in [5.41, 5.74) is 0. The Kier molecular flexibility index (Phi) is 41.4. The maximum atomic E-state index is 13.1. The number of carbonyl (C=O) groups excluding carboxylic acids is 1. The molecular weight excluding hydrogens is 811 g/mol. The molecule has 0 bridgehead atoms. The third kappa shape index (κ3) is 32.0. The summed E-state index contributed by atoms with van der Waals surface area (Å²) in [6.45, 7) is 3.47. The van der Waals surface area contributed by atoms with Gasteiger partial charge in [0.1, 0.15) is 36.6 Å². The molecule has 0 aromatic rings. The smallest absolute Gasteiger partial charge is 0.249 e. The maximum absolute atomic E-state index is 13.1. The van der Waals surface area contributed by atoms with E-state index in [-0.39, 0.29) is 6.42 Å². The first-order valence-corrected chi connectivity index (χ1v) is 27.4. The lowest BCUT2D eigenvalue weighted by atomic mass is 9.98. The molecule has 1 amide bonds. The Bertz CT molecular complexity index is 1010. The zero-order valence-electron chi connectivity index (χ0n) is 41.5. The van der Waals surface area contributed by atoms with Gasteiger partial charge in [-0.2, -0.15) is 0 Å². The molecule has 0 saturated carbocycles. The fourth-order valence-corrected chi connectivity index (χ4v) is 9.15. The van der Waals surface area contributed by atoms with E-state index in [4.69, 9.17) is 9.47 Å². The lowest BCUT2D eigenvalue weighted by Gasteiger charge is -2.40. The van der Waals surface area contributed by atoms with Gasteiger partial charge in [-0.15, -0.1) is 0 Å². The fourth-order valence-electron chi connectivity index (χ4n) is 9.15. The van der Waals surface area contributed by atoms with Crippen molar-refractivity contribution in [1.29, 1.82) is 0 Å². The van der Waals surface area contributed by atoms with Gasteiger partial charge in [0.05, 0.1) is 25.4 Å². The second-order valence-electron chi connectivity index (χ2n) is 19.7. The molecule has 64 heavy (non-hydrogen) atoms. The summed E-state index contributed by atoms with van der Waals surface area (Å²) in [7, 11) is 0. The van der Waals surface area contributed by atoms with Gasteiger partial charge in [0, 0.05) is 0 Å². The molecule has 11 nitrogen and oxygen atoms in total. The number of nitrogens with one attached hydrogen (secondary N) is 1. The highest BCUT2D eigenvalue weighted by Crippen LogP contribution is 2.23. The summed E-state index contributed by atoms with van der Waals surface area (Å²) in [5, 5.41) is 75.9. The second kappa shape index (κ2) is 43.4. The lowest BCUT2D eigenvalue weighted by molar-refractivity contribution is -0.303. The zero-order valence-corrected chi connectivity index (χ0v) is 41.5. The van der Waals surface area contributed by atoms with E-state index in [1.807, 2.05) is 0 Å². The Balaban J connectivity index is 2.29. The summed E-state index contributed by atoms with van der Waals surface area (Å²) in [6, 6.07) is -1.16. The van der Waals surface area contributed by atoms with Crippen molar-refractivity contribution in [3.05, 3.63) is 0 Å². The average Bonchev–Trinajstić information content (AvgIpc) is 3.29. The summed E-state index contributed by atoms with van der Waals surface area (Å²) in [5.74, 6) is -0.691. The number of ether oxygens (including phenoxy) is 2. The van der Waals surface area contributed by atoms with Gasteiger partial charge < -0.3 is 50.5 Å². The molecule has 0 spiro atoms. The number of unbranched alkanes of at least 4 members (excludes halogenated alkanes) is 35. The molecule has 9 unspecified atom stereocenters. The largest absolute Gasteiger partial charge is 0.394 e. The molecule has 1 aliphatic rings. The van der Waals surface area contributed by atoms with Gasteiger partial charge in [-0.3, -0.25) is 4.79 Å². The van der Waals surface area contributed by atoms with Gasteiger partial charge in [0.15, 0.2) is 6.29 Å².